The van der Waals surface area contributed by atoms with E-state index in [0.29, 0.717) is 17.0 Å². The highest BCUT2D eigenvalue weighted by Crippen LogP contribution is 2.26. The quantitative estimate of drug-likeness (QED) is 0.909. The predicted molar refractivity (Wildman–Crippen MR) is 83.0 cm³/mol. The maximum atomic E-state index is 12.2. The second kappa shape index (κ2) is 7.06. The number of sulfonamides is 1. The monoisotopic (exact) mass is 306 g/mol. The van der Waals surface area contributed by atoms with Crippen LogP contribution in [-0.4, -0.2) is 14.5 Å². The molecule has 1 aromatic carbocycles. The highest BCUT2D eigenvalue weighted by Gasteiger charge is 2.24. The Labute approximate surface area is 127 Å². The Bertz CT molecular complexity index is 596. The molecule has 1 atom stereocenters. The Morgan fingerprint density at radius 3 is 2.43 bits per heavy atom. The Hall–Kier alpha value is -1.38. The van der Waals surface area contributed by atoms with Gasteiger partial charge in [0.05, 0.1) is 17.4 Å². The first-order valence-corrected chi connectivity index (χ1v) is 9.14. The van der Waals surface area contributed by atoms with Crippen molar-refractivity contribution in [2.45, 2.75) is 50.8 Å². The normalized spacial score (nSPS) is 18.1. The topological polar surface area (TPSA) is 70.0 Å². The molecule has 1 unspecified atom stereocenters. The van der Waals surface area contributed by atoms with Crippen LogP contribution < -0.4 is 4.72 Å². The van der Waals surface area contributed by atoms with Gasteiger partial charge < -0.3 is 0 Å². The molecule has 0 amide bonds. The molecular weight excluding hydrogens is 284 g/mol. The summed E-state index contributed by atoms with van der Waals surface area (Å²) in [6.45, 7) is 1.96. The fourth-order valence-electron chi connectivity index (χ4n) is 2.95. The first-order chi connectivity index (χ1) is 10.00. The lowest BCUT2D eigenvalue weighted by atomic mass is 9.85. The van der Waals surface area contributed by atoms with Crippen molar-refractivity contribution in [3.8, 4) is 6.07 Å². The zero-order chi connectivity index (χ0) is 15.3. The molecule has 0 aromatic heterocycles. The van der Waals surface area contributed by atoms with E-state index in [1.165, 1.54) is 19.3 Å². The van der Waals surface area contributed by atoms with Crippen LogP contribution in [0.4, 0.5) is 0 Å². The number of rotatable bonds is 5. The van der Waals surface area contributed by atoms with Crippen LogP contribution in [0.2, 0.25) is 0 Å². The molecule has 0 saturated heterocycles. The molecule has 0 spiro atoms. The maximum Gasteiger partial charge on any atom is 0.216 e. The SMILES string of the molecule is CC(NS(=O)(=O)Cc1ccc(C#N)cc1)C1CCCCC1. The summed E-state index contributed by atoms with van der Waals surface area (Å²) in [7, 11) is -3.34. The van der Waals surface area contributed by atoms with E-state index in [2.05, 4.69) is 4.72 Å². The Morgan fingerprint density at radius 2 is 1.86 bits per heavy atom. The van der Waals surface area contributed by atoms with E-state index in [1.807, 2.05) is 13.0 Å². The van der Waals surface area contributed by atoms with Crippen molar-refractivity contribution in [1.82, 2.24) is 4.72 Å². The summed E-state index contributed by atoms with van der Waals surface area (Å²) >= 11 is 0. The number of benzene rings is 1. The fourth-order valence-corrected chi connectivity index (χ4v) is 4.42. The fraction of sp³-hybridized carbons (Fsp3) is 0.562. The Kier molecular flexibility index (Phi) is 5.38. The van der Waals surface area contributed by atoms with Crippen molar-refractivity contribution in [1.29, 1.82) is 5.26 Å². The standard InChI is InChI=1S/C16H22N2O2S/c1-13(16-5-3-2-4-6-16)18-21(19,20)12-15-9-7-14(11-17)8-10-15/h7-10,13,16,18H,2-6,12H2,1H3. The van der Waals surface area contributed by atoms with Crippen LogP contribution >= 0.6 is 0 Å². The highest BCUT2D eigenvalue weighted by molar-refractivity contribution is 7.88. The van der Waals surface area contributed by atoms with Crippen molar-refractivity contribution >= 4 is 10.0 Å². The smallest absolute Gasteiger partial charge is 0.212 e. The Morgan fingerprint density at radius 1 is 1.24 bits per heavy atom. The molecule has 1 N–H and O–H groups in total. The lowest BCUT2D eigenvalue weighted by Gasteiger charge is -2.28. The van der Waals surface area contributed by atoms with Crippen LogP contribution in [0.15, 0.2) is 24.3 Å². The third-order valence-electron chi connectivity index (χ3n) is 4.16. The Balaban J connectivity index is 1.95. The molecule has 0 radical (unpaired) electrons. The van der Waals surface area contributed by atoms with Gasteiger partial charge in [-0.1, -0.05) is 31.4 Å². The van der Waals surface area contributed by atoms with E-state index in [4.69, 9.17) is 5.26 Å². The van der Waals surface area contributed by atoms with Crippen LogP contribution in [0.3, 0.4) is 0 Å². The van der Waals surface area contributed by atoms with Crippen molar-refractivity contribution in [3.63, 3.8) is 0 Å². The molecule has 1 saturated carbocycles. The summed E-state index contributed by atoms with van der Waals surface area (Å²) in [5, 5.41) is 8.74. The maximum absolute atomic E-state index is 12.2. The van der Waals surface area contributed by atoms with Gasteiger partial charge in [-0.15, -0.1) is 0 Å². The van der Waals surface area contributed by atoms with Crippen LogP contribution in [0, 0.1) is 17.2 Å². The third kappa shape index (κ3) is 4.83. The van der Waals surface area contributed by atoms with E-state index in [1.54, 1.807) is 24.3 Å². The predicted octanol–water partition coefficient (Wildman–Crippen LogP) is 2.95. The molecule has 0 bridgehead atoms. The summed E-state index contributed by atoms with van der Waals surface area (Å²) in [4.78, 5) is 0. The van der Waals surface area contributed by atoms with Gasteiger partial charge in [0.15, 0.2) is 0 Å². The molecule has 0 heterocycles. The lowest BCUT2D eigenvalue weighted by molar-refractivity contribution is 0.303. The number of nitrogens with zero attached hydrogens (tertiary/aromatic N) is 1. The highest BCUT2D eigenvalue weighted by atomic mass is 32.2. The van der Waals surface area contributed by atoms with E-state index in [0.717, 1.165) is 12.8 Å². The van der Waals surface area contributed by atoms with Gasteiger partial charge in [0.1, 0.15) is 0 Å². The van der Waals surface area contributed by atoms with Gasteiger partial charge in [0.2, 0.25) is 10.0 Å². The average Bonchev–Trinajstić information content (AvgIpc) is 2.48. The van der Waals surface area contributed by atoms with Crippen LogP contribution in [0.25, 0.3) is 0 Å². The van der Waals surface area contributed by atoms with E-state index < -0.39 is 10.0 Å². The molecule has 2 rings (SSSR count). The van der Waals surface area contributed by atoms with Gasteiger partial charge >= 0.3 is 0 Å². The van der Waals surface area contributed by atoms with E-state index in [9.17, 15) is 8.42 Å². The molecule has 1 fully saturated rings. The van der Waals surface area contributed by atoms with Crippen molar-refractivity contribution in [2.24, 2.45) is 5.92 Å². The van der Waals surface area contributed by atoms with Gasteiger partial charge in [0.25, 0.3) is 0 Å². The summed E-state index contributed by atoms with van der Waals surface area (Å²) in [5.41, 5.74) is 1.25. The summed E-state index contributed by atoms with van der Waals surface area (Å²) < 4.78 is 27.3. The number of nitriles is 1. The molecule has 114 valence electrons. The largest absolute Gasteiger partial charge is 0.216 e. The molecule has 5 heteroatoms. The minimum Gasteiger partial charge on any atom is -0.212 e. The number of hydrogen-bond acceptors (Lipinski definition) is 3. The zero-order valence-electron chi connectivity index (χ0n) is 12.4. The first kappa shape index (κ1) is 16.0. The van der Waals surface area contributed by atoms with E-state index >= 15 is 0 Å². The zero-order valence-corrected chi connectivity index (χ0v) is 13.2. The second-order valence-corrected chi connectivity index (χ2v) is 7.63. The molecule has 1 aromatic rings. The summed E-state index contributed by atoms with van der Waals surface area (Å²) in [6, 6.07) is 8.71. The third-order valence-corrected chi connectivity index (χ3v) is 5.61. The molecule has 21 heavy (non-hydrogen) atoms. The molecular formula is C16H22N2O2S. The van der Waals surface area contributed by atoms with Crippen molar-refractivity contribution in [2.75, 3.05) is 0 Å². The summed E-state index contributed by atoms with van der Waals surface area (Å²) in [5.74, 6) is 0.421. The first-order valence-electron chi connectivity index (χ1n) is 7.49. The van der Waals surface area contributed by atoms with Gasteiger partial charge in [-0.25, -0.2) is 13.1 Å². The van der Waals surface area contributed by atoms with Crippen LogP contribution in [0.1, 0.15) is 50.2 Å². The van der Waals surface area contributed by atoms with Gasteiger partial charge in [-0.2, -0.15) is 5.26 Å². The van der Waals surface area contributed by atoms with E-state index in [-0.39, 0.29) is 11.8 Å². The molecule has 4 nitrogen and oxygen atoms in total. The van der Waals surface area contributed by atoms with Crippen molar-refractivity contribution in [3.05, 3.63) is 35.4 Å². The number of hydrogen-bond donors (Lipinski definition) is 1. The van der Waals surface area contributed by atoms with Crippen LogP contribution in [0.5, 0.6) is 0 Å². The molecule has 1 aliphatic carbocycles. The van der Waals surface area contributed by atoms with Gasteiger partial charge in [-0.3, -0.25) is 0 Å². The molecule has 0 aliphatic heterocycles. The van der Waals surface area contributed by atoms with Crippen molar-refractivity contribution < 1.29 is 8.42 Å². The minimum atomic E-state index is -3.34. The average molecular weight is 306 g/mol. The van der Waals surface area contributed by atoms with Gasteiger partial charge in [0, 0.05) is 6.04 Å². The van der Waals surface area contributed by atoms with Crippen LogP contribution in [-0.2, 0) is 15.8 Å². The second-order valence-electron chi connectivity index (χ2n) is 5.87. The summed E-state index contributed by atoms with van der Waals surface area (Å²) in [6.07, 6.45) is 5.89. The lowest BCUT2D eigenvalue weighted by Crippen LogP contribution is -2.39. The van der Waals surface area contributed by atoms with Gasteiger partial charge in [-0.05, 0) is 43.4 Å². The molecule has 1 aliphatic rings. The minimum absolute atomic E-state index is 0.00585. The number of nitrogens with one attached hydrogen (secondary N) is 1.